The van der Waals surface area contributed by atoms with Crippen LogP contribution in [0.4, 0.5) is 5.69 Å². The van der Waals surface area contributed by atoms with Gasteiger partial charge < -0.3 is 5.32 Å². The van der Waals surface area contributed by atoms with Crippen molar-refractivity contribution in [3.05, 3.63) is 63.4 Å². The van der Waals surface area contributed by atoms with Gasteiger partial charge in [-0.1, -0.05) is 12.1 Å². The highest BCUT2D eigenvalue weighted by atomic mass is 79.9. The fourth-order valence-electron chi connectivity index (χ4n) is 2.15. The Bertz CT molecular complexity index is 831. The van der Waals surface area contributed by atoms with E-state index in [1.165, 1.54) is 11.3 Å². The third-order valence-electron chi connectivity index (χ3n) is 3.23. The minimum Gasteiger partial charge on any atom is -0.320 e. The van der Waals surface area contributed by atoms with Crippen LogP contribution in [0.3, 0.4) is 0 Å². The lowest BCUT2D eigenvalue weighted by atomic mass is 10.1. The zero-order chi connectivity index (χ0) is 16.2. The van der Waals surface area contributed by atoms with Crippen molar-refractivity contribution in [2.75, 3.05) is 11.6 Å². The normalized spacial score (nSPS) is 10.5. The Labute approximate surface area is 151 Å². The molecule has 6 heteroatoms. The maximum atomic E-state index is 12.7. The number of thioether (sulfide) groups is 1. The summed E-state index contributed by atoms with van der Waals surface area (Å²) in [4.78, 5) is 18.7. The fraction of sp³-hybridized carbons (Fsp3) is 0.0588. The Kier molecular flexibility index (Phi) is 5.15. The molecule has 0 aliphatic carbocycles. The average Bonchev–Trinajstić information content (AvgIpc) is 3.06. The number of para-hydroxylation sites is 1. The van der Waals surface area contributed by atoms with E-state index in [-0.39, 0.29) is 5.91 Å². The number of carbonyl (C=O) groups excluding carboxylic acids is 1. The number of rotatable bonds is 4. The summed E-state index contributed by atoms with van der Waals surface area (Å²) in [6, 6.07) is 13.5. The van der Waals surface area contributed by atoms with Gasteiger partial charge in [-0.2, -0.15) is 0 Å². The van der Waals surface area contributed by atoms with Crippen molar-refractivity contribution in [1.82, 2.24) is 4.98 Å². The number of thiophene rings is 1. The molecule has 0 saturated carbocycles. The van der Waals surface area contributed by atoms with Crippen LogP contribution in [0.2, 0.25) is 0 Å². The lowest BCUT2D eigenvalue weighted by molar-refractivity contribution is 0.103. The second-order valence-electron chi connectivity index (χ2n) is 4.68. The second-order valence-corrected chi connectivity index (χ2v) is 7.36. The van der Waals surface area contributed by atoms with Gasteiger partial charge in [0.05, 0.1) is 11.4 Å². The van der Waals surface area contributed by atoms with E-state index in [2.05, 4.69) is 26.2 Å². The molecular weight excluding hydrogens is 392 g/mol. The van der Waals surface area contributed by atoms with Gasteiger partial charge in [-0.25, -0.2) is 0 Å². The van der Waals surface area contributed by atoms with Crippen LogP contribution in [0.25, 0.3) is 11.3 Å². The number of hydrogen-bond donors (Lipinski definition) is 1. The van der Waals surface area contributed by atoms with Gasteiger partial charge in [0, 0.05) is 21.1 Å². The molecule has 0 unspecified atom stereocenters. The van der Waals surface area contributed by atoms with Crippen LogP contribution >= 0.6 is 39.0 Å². The van der Waals surface area contributed by atoms with Crippen molar-refractivity contribution < 1.29 is 4.79 Å². The molecule has 0 aliphatic heterocycles. The Hall–Kier alpha value is -1.63. The van der Waals surface area contributed by atoms with E-state index in [1.54, 1.807) is 18.0 Å². The molecule has 2 aromatic heterocycles. The first-order valence-corrected chi connectivity index (χ1v) is 9.72. The van der Waals surface area contributed by atoms with E-state index < -0.39 is 0 Å². The molecule has 0 aliphatic rings. The van der Waals surface area contributed by atoms with Crippen LogP contribution in [-0.4, -0.2) is 17.1 Å². The molecule has 0 saturated heterocycles. The van der Waals surface area contributed by atoms with Crippen molar-refractivity contribution in [2.45, 2.75) is 4.90 Å². The maximum Gasteiger partial charge on any atom is 0.266 e. The first-order chi connectivity index (χ1) is 11.2. The molecule has 3 nitrogen and oxygen atoms in total. The van der Waals surface area contributed by atoms with Crippen LogP contribution in [0, 0.1) is 0 Å². The highest BCUT2D eigenvalue weighted by molar-refractivity contribution is 9.10. The Balaban J connectivity index is 1.89. The van der Waals surface area contributed by atoms with Crippen LogP contribution < -0.4 is 5.32 Å². The molecule has 3 aromatic rings. The molecule has 116 valence electrons. The lowest BCUT2D eigenvalue weighted by Gasteiger charge is -2.09. The van der Waals surface area contributed by atoms with Gasteiger partial charge in [-0.15, -0.1) is 23.1 Å². The minimum atomic E-state index is -0.110. The van der Waals surface area contributed by atoms with Crippen molar-refractivity contribution >= 4 is 50.6 Å². The van der Waals surface area contributed by atoms with E-state index >= 15 is 0 Å². The summed E-state index contributed by atoms with van der Waals surface area (Å²) >= 11 is 6.40. The predicted molar refractivity (Wildman–Crippen MR) is 101 cm³/mol. The summed E-state index contributed by atoms with van der Waals surface area (Å²) in [5, 5.41) is 4.91. The third-order valence-corrected chi connectivity index (χ3v) is 5.41. The van der Waals surface area contributed by atoms with Gasteiger partial charge >= 0.3 is 0 Å². The summed E-state index contributed by atoms with van der Waals surface area (Å²) in [5.41, 5.74) is 2.47. The monoisotopic (exact) mass is 404 g/mol. The molecule has 23 heavy (non-hydrogen) atoms. The van der Waals surface area contributed by atoms with E-state index in [0.717, 1.165) is 26.3 Å². The van der Waals surface area contributed by atoms with Gasteiger partial charge in [-0.05, 0) is 57.9 Å². The Morgan fingerprint density at radius 2 is 2.04 bits per heavy atom. The number of hydrogen-bond acceptors (Lipinski definition) is 4. The number of benzene rings is 1. The number of nitrogens with one attached hydrogen (secondary N) is 1. The number of halogens is 1. The summed E-state index contributed by atoms with van der Waals surface area (Å²) in [6.45, 7) is 0. The Morgan fingerprint density at radius 3 is 2.78 bits per heavy atom. The van der Waals surface area contributed by atoms with Crippen LogP contribution in [-0.2, 0) is 0 Å². The largest absolute Gasteiger partial charge is 0.320 e. The number of aromatic nitrogens is 1. The fourth-order valence-corrected chi connectivity index (χ4v) is 3.73. The number of nitrogens with zero attached hydrogens (tertiary/aromatic N) is 1. The van der Waals surface area contributed by atoms with E-state index in [9.17, 15) is 4.79 Å². The van der Waals surface area contributed by atoms with Crippen molar-refractivity contribution in [1.29, 1.82) is 0 Å². The number of amides is 1. The molecule has 0 fully saturated rings. The average molecular weight is 405 g/mol. The lowest BCUT2D eigenvalue weighted by Crippen LogP contribution is -2.12. The van der Waals surface area contributed by atoms with Gasteiger partial charge in [-0.3, -0.25) is 9.78 Å². The molecule has 0 bridgehead atoms. The van der Waals surface area contributed by atoms with Crippen molar-refractivity contribution in [3.8, 4) is 11.3 Å². The van der Waals surface area contributed by atoms with Crippen LogP contribution in [0.5, 0.6) is 0 Å². The second kappa shape index (κ2) is 7.29. The predicted octanol–water partition coefficient (Wildman–Crippen LogP) is 5.55. The molecular formula is C17H13BrN2OS2. The van der Waals surface area contributed by atoms with Crippen molar-refractivity contribution in [2.24, 2.45) is 0 Å². The van der Waals surface area contributed by atoms with Gasteiger partial charge in [0.25, 0.3) is 5.91 Å². The van der Waals surface area contributed by atoms with E-state index in [1.807, 2.05) is 54.1 Å². The quantitative estimate of drug-likeness (QED) is 0.579. The maximum absolute atomic E-state index is 12.7. The molecule has 1 amide bonds. The minimum absolute atomic E-state index is 0.110. The summed E-state index contributed by atoms with van der Waals surface area (Å²) in [5.74, 6) is -0.110. The number of carbonyl (C=O) groups is 1. The smallest absolute Gasteiger partial charge is 0.266 e. The topological polar surface area (TPSA) is 42.0 Å². The number of pyridine rings is 1. The highest BCUT2D eigenvalue weighted by Gasteiger charge is 2.16. The molecule has 1 N–H and O–H groups in total. The van der Waals surface area contributed by atoms with Gasteiger partial charge in [0.2, 0.25) is 0 Å². The molecule has 3 rings (SSSR count). The van der Waals surface area contributed by atoms with E-state index in [0.29, 0.717) is 4.88 Å². The summed E-state index contributed by atoms with van der Waals surface area (Å²) < 4.78 is 0.913. The first kappa shape index (κ1) is 16.2. The van der Waals surface area contributed by atoms with Crippen molar-refractivity contribution in [3.63, 3.8) is 0 Å². The SMILES string of the molecule is CSc1ccccc1NC(=O)c1sccc1-c1ccc(Br)cn1. The highest BCUT2D eigenvalue weighted by Crippen LogP contribution is 2.30. The molecule has 0 radical (unpaired) electrons. The summed E-state index contributed by atoms with van der Waals surface area (Å²) in [6.07, 6.45) is 3.73. The first-order valence-electron chi connectivity index (χ1n) is 6.83. The molecule has 2 heterocycles. The number of anilines is 1. The standard InChI is InChI=1S/C17H13BrN2OS2/c1-22-15-5-3-2-4-14(15)20-17(21)16-12(8-9-23-16)13-7-6-11(18)10-19-13/h2-10H,1H3,(H,20,21). The van der Waals surface area contributed by atoms with Gasteiger partial charge in [0.1, 0.15) is 4.88 Å². The van der Waals surface area contributed by atoms with Gasteiger partial charge in [0.15, 0.2) is 0 Å². The molecule has 0 atom stereocenters. The zero-order valence-electron chi connectivity index (χ0n) is 12.2. The molecule has 1 aromatic carbocycles. The Morgan fingerprint density at radius 1 is 1.22 bits per heavy atom. The van der Waals surface area contributed by atoms with Crippen LogP contribution in [0.1, 0.15) is 9.67 Å². The van der Waals surface area contributed by atoms with Crippen LogP contribution in [0.15, 0.2) is 63.4 Å². The summed E-state index contributed by atoms with van der Waals surface area (Å²) in [7, 11) is 0. The van der Waals surface area contributed by atoms with E-state index in [4.69, 9.17) is 0 Å². The molecule has 0 spiro atoms. The zero-order valence-corrected chi connectivity index (χ0v) is 15.5. The third kappa shape index (κ3) is 3.65.